The first-order valence-corrected chi connectivity index (χ1v) is 20.3. The van der Waals surface area contributed by atoms with Crippen molar-refractivity contribution in [1.82, 2.24) is 19.9 Å². The predicted octanol–water partition coefficient (Wildman–Crippen LogP) is 13.2. The largest absolute Gasteiger partial charge is 0.310 e. The van der Waals surface area contributed by atoms with Crippen LogP contribution in [-0.4, -0.2) is 19.9 Å². The molecule has 0 saturated heterocycles. The molecule has 2 aromatic heterocycles. The molecule has 0 bridgehead atoms. The summed E-state index contributed by atoms with van der Waals surface area (Å²) in [4.78, 5) is 23.6. The summed E-state index contributed by atoms with van der Waals surface area (Å²) in [6.07, 6.45) is 0. The molecule has 1 aliphatic heterocycles. The van der Waals surface area contributed by atoms with Crippen LogP contribution in [0, 0.1) is 0 Å². The molecule has 3 heterocycles. The minimum absolute atomic E-state index is 0.611. The quantitative estimate of drug-likeness (QED) is 0.175. The fourth-order valence-electron chi connectivity index (χ4n) is 9.59. The first kappa shape index (κ1) is 34.1. The Morgan fingerprint density at radius 3 is 1.50 bits per heavy atom. The van der Waals surface area contributed by atoms with E-state index in [9.17, 15) is 0 Å². The van der Waals surface area contributed by atoms with E-state index in [1.807, 2.05) is 36.4 Å². The Morgan fingerprint density at radius 2 is 0.833 bits per heavy atom. The summed E-state index contributed by atoms with van der Waals surface area (Å²) in [5.41, 5.74) is 14.2. The van der Waals surface area contributed by atoms with Gasteiger partial charge >= 0.3 is 0 Å². The highest BCUT2D eigenvalue weighted by Gasteiger charge is 2.53. The van der Waals surface area contributed by atoms with E-state index in [-0.39, 0.29) is 0 Å². The molecule has 0 N–H and O–H groups in total. The van der Waals surface area contributed by atoms with Crippen molar-refractivity contribution >= 4 is 27.8 Å². The van der Waals surface area contributed by atoms with Gasteiger partial charge in [-0.2, -0.15) is 0 Å². The maximum atomic E-state index is 5.69. The van der Waals surface area contributed by atoms with E-state index in [2.05, 4.69) is 181 Å². The highest BCUT2D eigenvalue weighted by molar-refractivity contribution is 6.07. The van der Waals surface area contributed by atoms with Crippen molar-refractivity contribution in [3.05, 3.63) is 235 Å². The summed E-state index contributed by atoms with van der Waals surface area (Å²) in [5.74, 6) is 1.87. The van der Waals surface area contributed by atoms with Gasteiger partial charge < -0.3 is 4.90 Å². The molecule has 1 aliphatic carbocycles. The van der Waals surface area contributed by atoms with Gasteiger partial charge in [0.05, 0.1) is 28.2 Å². The molecule has 10 aromatic rings. The number of pyridine rings is 1. The SMILES string of the molecule is c1ccc(-c2nc(-c3ccccc3)nc(-c3ccc4c(c3)C3(c5ccccc5-c5nc(-c6ccccc6)c6ccccc6c53)c3ccccc3N4c3ccccc3)n2)cc1. The molecule has 0 radical (unpaired) electrons. The second kappa shape index (κ2) is 13.5. The van der Waals surface area contributed by atoms with Gasteiger partial charge in [-0.05, 0) is 58.5 Å². The number of hydrogen-bond donors (Lipinski definition) is 0. The zero-order valence-electron chi connectivity index (χ0n) is 32.4. The average molecular weight is 766 g/mol. The van der Waals surface area contributed by atoms with Crippen molar-refractivity contribution in [1.29, 1.82) is 0 Å². The first-order valence-electron chi connectivity index (χ1n) is 20.3. The van der Waals surface area contributed by atoms with E-state index < -0.39 is 5.41 Å². The first-order chi connectivity index (χ1) is 29.8. The standard InChI is InChI=1S/C55H35N5/c1-5-19-36(20-6-1)50-42-28-14-13-27-41(42)49-51(56-50)43-29-15-16-30-44(43)55(49)45-31-17-18-32-47(45)60(40-25-11-4-12-26-40)48-34-33-39(35-46(48)55)54-58-52(37-21-7-2-8-22-37)57-53(59-54)38-23-9-3-10-24-38/h1-35H. The van der Waals surface area contributed by atoms with Crippen LogP contribution in [0.4, 0.5) is 17.1 Å². The lowest BCUT2D eigenvalue weighted by Crippen LogP contribution is -2.36. The summed E-state index contributed by atoms with van der Waals surface area (Å²) >= 11 is 0. The van der Waals surface area contributed by atoms with Crippen molar-refractivity contribution in [2.75, 3.05) is 4.90 Å². The molecule has 1 atom stereocenters. The smallest absolute Gasteiger partial charge is 0.164 e. The molecule has 5 nitrogen and oxygen atoms in total. The molecular formula is C55H35N5. The Kier molecular flexibility index (Phi) is 7.69. The Morgan fingerprint density at radius 1 is 0.333 bits per heavy atom. The van der Waals surface area contributed by atoms with Gasteiger partial charge in [0.15, 0.2) is 17.5 Å². The molecule has 280 valence electrons. The van der Waals surface area contributed by atoms with Gasteiger partial charge in [0.1, 0.15) is 0 Å². The molecule has 0 amide bonds. The maximum absolute atomic E-state index is 5.69. The Hall–Kier alpha value is -8.02. The molecule has 60 heavy (non-hydrogen) atoms. The number of benzene rings is 8. The minimum Gasteiger partial charge on any atom is -0.310 e. The molecule has 2 aliphatic rings. The minimum atomic E-state index is -0.751. The third kappa shape index (κ3) is 5.06. The van der Waals surface area contributed by atoms with Crippen LogP contribution >= 0.6 is 0 Å². The molecule has 8 aromatic carbocycles. The molecule has 12 rings (SSSR count). The molecule has 0 saturated carbocycles. The Bertz CT molecular complexity index is 3200. The third-order valence-corrected chi connectivity index (χ3v) is 12.1. The van der Waals surface area contributed by atoms with Gasteiger partial charge in [0.25, 0.3) is 0 Å². The van der Waals surface area contributed by atoms with Crippen molar-refractivity contribution in [2.24, 2.45) is 0 Å². The Balaban J connectivity index is 1.21. The van der Waals surface area contributed by atoms with Crippen molar-refractivity contribution in [3.8, 4) is 56.7 Å². The van der Waals surface area contributed by atoms with E-state index in [1.54, 1.807) is 0 Å². The molecule has 5 heteroatoms. The number of anilines is 3. The van der Waals surface area contributed by atoms with Gasteiger partial charge in [0, 0.05) is 44.5 Å². The summed E-state index contributed by atoms with van der Waals surface area (Å²) < 4.78 is 0. The number of para-hydroxylation sites is 2. The molecule has 1 spiro atoms. The van der Waals surface area contributed by atoms with Crippen LogP contribution in [0.1, 0.15) is 22.3 Å². The topological polar surface area (TPSA) is 54.8 Å². The molecular weight excluding hydrogens is 731 g/mol. The zero-order chi connectivity index (χ0) is 39.6. The lowest BCUT2D eigenvalue weighted by atomic mass is 9.63. The molecule has 0 fully saturated rings. The lowest BCUT2D eigenvalue weighted by molar-refractivity contribution is 0.758. The van der Waals surface area contributed by atoms with Crippen LogP contribution in [0.3, 0.4) is 0 Å². The van der Waals surface area contributed by atoms with Crippen LogP contribution in [0.5, 0.6) is 0 Å². The van der Waals surface area contributed by atoms with Crippen LogP contribution in [0.25, 0.3) is 67.5 Å². The van der Waals surface area contributed by atoms with E-state index >= 15 is 0 Å². The number of rotatable bonds is 5. The maximum Gasteiger partial charge on any atom is 0.164 e. The summed E-state index contributed by atoms with van der Waals surface area (Å²) in [7, 11) is 0. The van der Waals surface area contributed by atoms with Crippen molar-refractivity contribution < 1.29 is 0 Å². The van der Waals surface area contributed by atoms with E-state index in [0.29, 0.717) is 17.5 Å². The highest BCUT2D eigenvalue weighted by atomic mass is 15.2. The lowest BCUT2D eigenvalue weighted by Gasteiger charge is -2.45. The average Bonchev–Trinajstić information content (AvgIpc) is 3.63. The third-order valence-electron chi connectivity index (χ3n) is 12.1. The zero-order valence-corrected chi connectivity index (χ0v) is 32.4. The van der Waals surface area contributed by atoms with Gasteiger partial charge in [0.2, 0.25) is 0 Å². The normalized spacial score (nSPS) is 14.7. The van der Waals surface area contributed by atoms with Gasteiger partial charge in [-0.3, -0.25) is 0 Å². The van der Waals surface area contributed by atoms with E-state index in [0.717, 1.165) is 67.2 Å². The van der Waals surface area contributed by atoms with Crippen LogP contribution in [-0.2, 0) is 5.41 Å². The number of hydrogen-bond acceptors (Lipinski definition) is 5. The van der Waals surface area contributed by atoms with Crippen molar-refractivity contribution in [3.63, 3.8) is 0 Å². The predicted molar refractivity (Wildman–Crippen MR) is 242 cm³/mol. The fourth-order valence-corrected chi connectivity index (χ4v) is 9.59. The number of nitrogens with zero attached hydrogens (tertiary/aromatic N) is 5. The number of aromatic nitrogens is 4. The van der Waals surface area contributed by atoms with Gasteiger partial charge in [-0.15, -0.1) is 0 Å². The fraction of sp³-hybridized carbons (Fsp3) is 0.0182. The molecule has 1 unspecified atom stereocenters. The van der Waals surface area contributed by atoms with Gasteiger partial charge in [-0.25, -0.2) is 19.9 Å². The Labute approximate surface area is 348 Å². The van der Waals surface area contributed by atoms with Crippen LogP contribution < -0.4 is 4.90 Å². The van der Waals surface area contributed by atoms with E-state index in [4.69, 9.17) is 19.9 Å². The monoisotopic (exact) mass is 765 g/mol. The summed E-state index contributed by atoms with van der Waals surface area (Å²) in [6, 6.07) is 75.0. The number of fused-ring (bicyclic) bond motifs is 11. The summed E-state index contributed by atoms with van der Waals surface area (Å²) in [5, 5.41) is 2.29. The highest BCUT2D eigenvalue weighted by Crippen LogP contribution is 2.65. The van der Waals surface area contributed by atoms with Crippen LogP contribution in [0.2, 0.25) is 0 Å². The van der Waals surface area contributed by atoms with Crippen LogP contribution in [0.15, 0.2) is 212 Å². The van der Waals surface area contributed by atoms with Gasteiger partial charge in [-0.1, -0.05) is 176 Å². The second-order valence-electron chi connectivity index (χ2n) is 15.3. The second-order valence-corrected chi connectivity index (χ2v) is 15.3. The van der Waals surface area contributed by atoms with Crippen molar-refractivity contribution in [2.45, 2.75) is 5.41 Å². The van der Waals surface area contributed by atoms with E-state index in [1.165, 1.54) is 22.1 Å². The summed E-state index contributed by atoms with van der Waals surface area (Å²) in [6.45, 7) is 0.